The molecule has 0 aliphatic carbocycles. The smallest absolute Gasteiger partial charge is 0.437 e. The minimum Gasteiger partial charge on any atom is -0.493 e. The van der Waals surface area contributed by atoms with Crippen LogP contribution in [-0.4, -0.2) is 42.1 Å². The van der Waals surface area contributed by atoms with Crippen LogP contribution in [0.4, 0.5) is 13.2 Å². The summed E-state index contributed by atoms with van der Waals surface area (Å²) in [6, 6.07) is 6.10. The third-order valence-corrected chi connectivity index (χ3v) is 5.72. The number of thiocarbonyl (C=S) groups is 1. The summed E-state index contributed by atoms with van der Waals surface area (Å²) in [5, 5.41) is 16.3. The van der Waals surface area contributed by atoms with Crippen LogP contribution in [-0.2, 0) is 0 Å². The third-order valence-electron chi connectivity index (χ3n) is 4.62. The number of methoxy groups -OCH3 is 2. The summed E-state index contributed by atoms with van der Waals surface area (Å²) in [6.07, 6.45) is -5.18. The number of carbonyl (C=O) groups is 1. The molecule has 1 aromatic carbocycles. The maximum atomic E-state index is 13.9. The number of benzene rings is 1. The van der Waals surface area contributed by atoms with Gasteiger partial charge in [0.05, 0.1) is 25.1 Å². The number of carbonyl (C=O) groups excluding carboxylic acids is 1. The van der Waals surface area contributed by atoms with Gasteiger partial charge in [0.25, 0.3) is 0 Å². The Morgan fingerprint density at radius 3 is 2.48 bits per heavy atom. The molecular weight excluding hydrogens is 429 g/mol. The molecule has 1 fully saturated rings. The standard InChI is InChI=1S/C18H17F3N2O4S2/c1-26-10-6-5-9(8-11(10)27-2)14-13(15(24)12-4-3-7-29-12)17(25,18(19,20)21)23-16(28)22-14/h3-8,13-14,25H,1-2H3,(H2,22,23,28)/t13-,14-,17+/m1/s1. The Kier molecular flexibility index (Phi) is 5.74. The van der Waals surface area contributed by atoms with Crippen LogP contribution in [0.1, 0.15) is 21.3 Å². The molecular formula is C18H17F3N2O4S2. The zero-order valence-corrected chi connectivity index (χ0v) is 16.9. The number of ketones is 1. The summed E-state index contributed by atoms with van der Waals surface area (Å²) in [4.78, 5) is 13.1. The number of alkyl halides is 3. The van der Waals surface area contributed by atoms with Crippen molar-refractivity contribution in [1.82, 2.24) is 10.6 Å². The second-order valence-corrected chi connectivity index (χ2v) is 7.63. The van der Waals surface area contributed by atoms with E-state index >= 15 is 0 Å². The molecule has 2 heterocycles. The number of hydrogen-bond acceptors (Lipinski definition) is 6. The molecule has 2 aromatic rings. The summed E-state index contributed by atoms with van der Waals surface area (Å²) in [5.74, 6) is -2.21. The topological polar surface area (TPSA) is 79.8 Å². The van der Waals surface area contributed by atoms with E-state index < -0.39 is 34.8 Å². The lowest BCUT2D eigenvalue weighted by atomic mass is 9.78. The lowest BCUT2D eigenvalue weighted by Gasteiger charge is -2.46. The second-order valence-electron chi connectivity index (χ2n) is 6.27. The minimum atomic E-state index is -5.18. The number of thiophene rings is 1. The highest BCUT2D eigenvalue weighted by atomic mass is 32.1. The molecule has 0 unspecified atom stereocenters. The highest BCUT2D eigenvalue weighted by molar-refractivity contribution is 7.80. The van der Waals surface area contributed by atoms with E-state index in [2.05, 4.69) is 5.32 Å². The molecule has 0 bridgehead atoms. The molecule has 3 atom stereocenters. The Morgan fingerprint density at radius 2 is 1.93 bits per heavy atom. The van der Waals surface area contributed by atoms with Crippen molar-refractivity contribution < 1.29 is 32.5 Å². The van der Waals surface area contributed by atoms with Crippen LogP contribution in [0, 0.1) is 5.92 Å². The monoisotopic (exact) mass is 446 g/mol. The molecule has 0 radical (unpaired) electrons. The van der Waals surface area contributed by atoms with Crippen molar-refractivity contribution in [2.75, 3.05) is 14.2 Å². The molecule has 156 valence electrons. The van der Waals surface area contributed by atoms with E-state index in [9.17, 15) is 23.1 Å². The maximum absolute atomic E-state index is 13.9. The van der Waals surface area contributed by atoms with Crippen molar-refractivity contribution in [3.63, 3.8) is 0 Å². The van der Waals surface area contributed by atoms with Crippen LogP contribution >= 0.6 is 23.6 Å². The number of ether oxygens (including phenoxy) is 2. The van der Waals surface area contributed by atoms with Gasteiger partial charge in [-0.2, -0.15) is 13.2 Å². The van der Waals surface area contributed by atoms with Crippen molar-refractivity contribution >= 4 is 34.5 Å². The molecule has 1 aliphatic rings. The molecule has 0 spiro atoms. The Bertz CT molecular complexity index is 920. The van der Waals surface area contributed by atoms with Gasteiger partial charge in [0.1, 0.15) is 5.92 Å². The van der Waals surface area contributed by atoms with Gasteiger partial charge in [0.2, 0.25) is 5.72 Å². The molecule has 6 nitrogen and oxygen atoms in total. The van der Waals surface area contributed by atoms with E-state index in [1.807, 2.05) is 5.32 Å². The maximum Gasteiger partial charge on any atom is 0.437 e. The average molecular weight is 446 g/mol. The number of aliphatic hydroxyl groups is 1. The first-order valence-corrected chi connectivity index (χ1v) is 9.58. The SMILES string of the molecule is COc1ccc([C@H]2NC(=S)N[C@@](O)(C(F)(F)F)[C@H]2C(=O)c2cccs2)cc1OC. The van der Waals surface area contributed by atoms with Crippen molar-refractivity contribution in [1.29, 1.82) is 0 Å². The molecule has 1 saturated heterocycles. The number of nitrogens with one attached hydrogen (secondary N) is 2. The van der Waals surface area contributed by atoms with Crippen LogP contribution in [0.15, 0.2) is 35.7 Å². The quantitative estimate of drug-likeness (QED) is 0.481. The minimum absolute atomic E-state index is 0.0829. The molecule has 3 rings (SSSR count). The zero-order valence-electron chi connectivity index (χ0n) is 15.2. The van der Waals surface area contributed by atoms with Crippen LogP contribution in [0.5, 0.6) is 11.5 Å². The summed E-state index contributed by atoms with van der Waals surface area (Å²) in [6.45, 7) is 0. The predicted octanol–water partition coefficient (Wildman–Crippen LogP) is 3.03. The Morgan fingerprint density at radius 1 is 1.24 bits per heavy atom. The summed E-state index contributed by atoms with van der Waals surface area (Å²) >= 11 is 5.89. The normalized spacial score (nSPS) is 24.4. The fourth-order valence-corrected chi connectivity index (χ4v) is 4.22. The number of hydrogen-bond donors (Lipinski definition) is 3. The first-order chi connectivity index (χ1) is 13.6. The van der Waals surface area contributed by atoms with E-state index in [-0.39, 0.29) is 16.2 Å². The van der Waals surface area contributed by atoms with Crippen LogP contribution in [0.3, 0.4) is 0 Å². The van der Waals surface area contributed by atoms with E-state index in [1.54, 1.807) is 11.4 Å². The van der Waals surface area contributed by atoms with Gasteiger partial charge < -0.3 is 25.2 Å². The van der Waals surface area contributed by atoms with E-state index in [0.717, 1.165) is 11.3 Å². The molecule has 11 heteroatoms. The van der Waals surface area contributed by atoms with Crippen molar-refractivity contribution in [3.05, 3.63) is 46.2 Å². The Balaban J connectivity index is 2.17. The predicted molar refractivity (Wildman–Crippen MR) is 104 cm³/mol. The van der Waals surface area contributed by atoms with Crippen LogP contribution < -0.4 is 20.1 Å². The first-order valence-electron chi connectivity index (χ1n) is 8.29. The van der Waals surface area contributed by atoms with Crippen LogP contribution in [0.25, 0.3) is 0 Å². The van der Waals surface area contributed by atoms with Gasteiger partial charge in [-0.05, 0) is 41.4 Å². The largest absolute Gasteiger partial charge is 0.493 e. The number of rotatable bonds is 5. The van der Waals surface area contributed by atoms with E-state index in [0.29, 0.717) is 5.75 Å². The number of Topliss-reactive ketones (excluding diaryl/α,β-unsaturated/α-hetero) is 1. The molecule has 0 amide bonds. The van der Waals surface area contributed by atoms with Gasteiger partial charge in [-0.15, -0.1) is 11.3 Å². The molecule has 1 aromatic heterocycles. The number of halogens is 3. The molecule has 1 aliphatic heterocycles. The summed E-state index contributed by atoms with van der Waals surface area (Å²) in [7, 11) is 2.80. The Labute approximate surface area is 173 Å². The van der Waals surface area contributed by atoms with Gasteiger partial charge >= 0.3 is 6.18 Å². The summed E-state index contributed by atoms with van der Waals surface area (Å²) < 4.78 is 52.1. The van der Waals surface area contributed by atoms with E-state index in [1.165, 1.54) is 38.5 Å². The fraction of sp³-hybridized carbons (Fsp3) is 0.333. The highest BCUT2D eigenvalue weighted by Gasteiger charge is 2.65. The zero-order chi connectivity index (χ0) is 21.4. The molecule has 0 saturated carbocycles. The van der Waals surface area contributed by atoms with Gasteiger partial charge in [-0.25, -0.2) is 0 Å². The van der Waals surface area contributed by atoms with Crippen LogP contribution in [0.2, 0.25) is 0 Å². The fourth-order valence-electron chi connectivity index (χ4n) is 3.24. The average Bonchev–Trinajstić information content (AvgIpc) is 3.20. The lowest BCUT2D eigenvalue weighted by Crippen LogP contribution is -2.72. The highest BCUT2D eigenvalue weighted by Crippen LogP contribution is 2.45. The molecule has 3 N–H and O–H groups in total. The van der Waals surface area contributed by atoms with Gasteiger partial charge in [-0.3, -0.25) is 4.79 Å². The van der Waals surface area contributed by atoms with Gasteiger partial charge in [0.15, 0.2) is 22.4 Å². The van der Waals surface area contributed by atoms with Gasteiger partial charge in [0, 0.05) is 0 Å². The van der Waals surface area contributed by atoms with Gasteiger partial charge in [-0.1, -0.05) is 12.1 Å². The third kappa shape index (κ3) is 3.77. The van der Waals surface area contributed by atoms with E-state index in [4.69, 9.17) is 21.7 Å². The lowest BCUT2D eigenvalue weighted by molar-refractivity contribution is -0.285. The Hall–Kier alpha value is -2.37. The first kappa shape index (κ1) is 21.3. The molecule has 29 heavy (non-hydrogen) atoms. The van der Waals surface area contributed by atoms with Crippen molar-refractivity contribution in [2.24, 2.45) is 5.92 Å². The van der Waals surface area contributed by atoms with Crippen molar-refractivity contribution in [3.8, 4) is 11.5 Å². The second kappa shape index (κ2) is 7.81. The van der Waals surface area contributed by atoms with Crippen molar-refractivity contribution in [2.45, 2.75) is 17.9 Å². The summed E-state index contributed by atoms with van der Waals surface area (Å²) in [5.41, 5.74) is -3.29.